The van der Waals surface area contributed by atoms with Crippen LogP contribution in [0.4, 0.5) is 8.78 Å². The van der Waals surface area contributed by atoms with Crippen LogP contribution in [-0.2, 0) is 0 Å². The molecule has 0 aromatic carbocycles. The van der Waals surface area contributed by atoms with E-state index in [1.54, 1.807) is 19.1 Å². The van der Waals surface area contributed by atoms with Crippen molar-refractivity contribution in [3.05, 3.63) is 35.8 Å². The molecule has 0 bridgehead atoms. The molecule has 0 saturated carbocycles. The Morgan fingerprint density at radius 1 is 1.47 bits per heavy atom. The van der Waals surface area contributed by atoms with Gasteiger partial charge < -0.3 is 5.73 Å². The largest absolute Gasteiger partial charge is 0.396 e. The minimum Gasteiger partial charge on any atom is -0.396 e. The Morgan fingerprint density at radius 2 is 2.07 bits per heavy atom. The van der Waals surface area contributed by atoms with E-state index >= 15 is 0 Å². The van der Waals surface area contributed by atoms with Crippen LogP contribution in [0.15, 0.2) is 35.8 Å². The molecule has 0 aromatic heterocycles. The van der Waals surface area contributed by atoms with Gasteiger partial charge in [-0.15, -0.1) is 0 Å². The van der Waals surface area contributed by atoms with Gasteiger partial charge in [-0.25, -0.2) is 14.6 Å². The summed E-state index contributed by atoms with van der Waals surface area (Å²) >= 11 is 0. The van der Waals surface area contributed by atoms with Crippen LogP contribution in [-0.4, -0.2) is 11.4 Å². The highest BCUT2D eigenvalue weighted by Crippen LogP contribution is 2.07. The van der Waals surface area contributed by atoms with Gasteiger partial charge in [-0.3, -0.25) is 5.01 Å². The normalized spacial score (nSPS) is 14.0. The van der Waals surface area contributed by atoms with E-state index in [0.29, 0.717) is 5.70 Å². The Labute approximate surface area is 88.7 Å². The Morgan fingerprint density at radius 3 is 2.47 bits per heavy atom. The molecule has 3 nitrogen and oxygen atoms in total. The van der Waals surface area contributed by atoms with Crippen LogP contribution in [0.3, 0.4) is 0 Å². The maximum absolute atomic E-state index is 12.1. The summed E-state index contributed by atoms with van der Waals surface area (Å²) < 4.78 is 24.2. The van der Waals surface area contributed by atoms with E-state index in [4.69, 9.17) is 11.6 Å². The first-order chi connectivity index (χ1) is 7.02. The van der Waals surface area contributed by atoms with Crippen molar-refractivity contribution >= 4 is 0 Å². The number of hydrogen-bond donors (Lipinski definition) is 2. The Kier molecular flexibility index (Phi) is 6.37. The fourth-order valence-electron chi connectivity index (χ4n) is 0.861. The summed E-state index contributed by atoms with van der Waals surface area (Å²) in [6.45, 7) is 3.73. The minimum absolute atomic E-state index is 0.554. The van der Waals surface area contributed by atoms with Gasteiger partial charge in [-0.2, -0.15) is 0 Å². The molecule has 0 aromatic rings. The second-order valence-electron chi connectivity index (χ2n) is 2.86. The van der Waals surface area contributed by atoms with E-state index in [1.165, 1.54) is 0 Å². The number of halogens is 2. The van der Waals surface area contributed by atoms with Gasteiger partial charge in [0.1, 0.15) is 0 Å². The molecule has 0 rings (SSSR count). The van der Waals surface area contributed by atoms with Gasteiger partial charge in [0.2, 0.25) is 0 Å². The molecule has 0 unspecified atom stereocenters. The number of allylic oxidation sites excluding steroid dienone is 4. The third-order valence-electron chi connectivity index (χ3n) is 1.66. The van der Waals surface area contributed by atoms with Gasteiger partial charge in [-0.05, 0) is 19.4 Å². The third kappa shape index (κ3) is 5.17. The van der Waals surface area contributed by atoms with Crippen LogP contribution in [0, 0.1) is 0 Å². The lowest BCUT2D eigenvalue weighted by atomic mass is 10.3. The van der Waals surface area contributed by atoms with Crippen molar-refractivity contribution in [1.29, 1.82) is 0 Å². The third-order valence-corrected chi connectivity index (χ3v) is 1.66. The average Bonchev–Trinajstić information content (AvgIpc) is 2.18. The van der Waals surface area contributed by atoms with Crippen LogP contribution in [0.2, 0.25) is 0 Å². The summed E-state index contributed by atoms with van der Waals surface area (Å²) in [5, 5.41) is 1.08. The molecule has 0 saturated heterocycles. The van der Waals surface area contributed by atoms with Gasteiger partial charge in [-0.1, -0.05) is 19.1 Å². The molecule has 5 heteroatoms. The molecule has 0 radical (unpaired) electrons. The summed E-state index contributed by atoms with van der Waals surface area (Å²) in [5.74, 6) is 5.53. The zero-order valence-corrected chi connectivity index (χ0v) is 8.95. The lowest BCUT2D eigenvalue weighted by molar-refractivity contribution is 0.185. The smallest absolute Gasteiger partial charge is 0.279 e. The predicted molar refractivity (Wildman–Crippen MR) is 57.5 cm³/mol. The van der Waals surface area contributed by atoms with Crippen LogP contribution in [0.1, 0.15) is 20.3 Å². The van der Waals surface area contributed by atoms with E-state index < -0.39 is 12.1 Å². The average molecular weight is 217 g/mol. The van der Waals surface area contributed by atoms with Crippen molar-refractivity contribution in [2.75, 3.05) is 0 Å². The lowest BCUT2D eigenvalue weighted by Crippen LogP contribution is -2.26. The van der Waals surface area contributed by atoms with E-state index in [2.05, 4.69) is 0 Å². The van der Waals surface area contributed by atoms with E-state index in [0.717, 1.165) is 17.6 Å². The van der Waals surface area contributed by atoms with Gasteiger partial charge in [0.15, 0.2) is 0 Å². The molecule has 0 heterocycles. The summed E-state index contributed by atoms with van der Waals surface area (Å²) in [7, 11) is 0. The number of nitrogens with zero attached hydrogens (tertiary/aromatic N) is 1. The number of rotatable bonds is 5. The molecule has 0 aliphatic rings. The Balaban J connectivity index is 4.61. The molecule has 15 heavy (non-hydrogen) atoms. The first-order valence-electron chi connectivity index (χ1n) is 4.65. The zero-order valence-electron chi connectivity index (χ0n) is 8.95. The molecule has 0 amide bonds. The maximum Gasteiger partial charge on any atom is 0.279 e. The molecule has 0 spiro atoms. The second-order valence-corrected chi connectivity index (χ2v) is 2.86. The molecule has 0 fully saturated rings. The summed E-state index contributed by atoms with van der Waals surface area (Å²) in [4.78, 5) is 0. The quantitative estimate of drug-likeness (QED) is 0.421. The standard InChI is InChI=1S/C10H17F2N3/c1-3-5-6-8(4-2)15(14)7-9(13)10(11)12/h4-7,10H,3,13-14H2,1-2H3/b6-5-,8-4+,9-7-. The topological polar surface area (TPSA) is 55.3 Å². The first kappa shape index (κ1) is 13.6. The molecule has 86 valence electrons. The van der Waals surface area contributed by atoms with Gasteiger partial charge in [0, 0.05) is 6.20 Å². The van der Waals surface area contributed by atoms with Crippen LogP contribution in [0.25, 0.3) is 0 Å². The lowest BCUT2D eigenvalue weighted by Gasteiger charge is -2.15. The second kappa shape index (κ2) is 7.00. The van der Waals surface area contributed by atoms with Crippen molar-refractivity contribution < 1.29 is 8.78 Å². The van der Waals surface area contributed by atoms with Gasteiger partial charge in [0.25, 0.3) is 6.43 Å². The van der Waals surface area contributed by atoms with E-state index in [9.17, 15) is 8.78 Å². The predicted octanol–water partition coefficient (Wildman–Crippen LogP) is 2.10. The number of hydrogen-bond acceptors (Lipinski definition) is 3. The highest BCUT2D eigenvalue weighted by Gasteiger charge is 2.07. The highest BCUT2D eigenvalue weighted by molar-refractivity contribution is 5.19. The minimum atomic E-state index is -2.69. The van der Waals surface area contributed by atoms with Crippen LogP contribution in [0.5, 0.6) is 0 Å². The summed E-state index contributed by atoms with van der Waals surface area (Å²) in [5.41, 5.74) is 5.13. The van der Waals surface area contributed by atoms with Crippen molar-refractivity contribution in [2.45, 2.75) is 26.7 Å². The van der Waals surface area contributed by atoms with Gasteiger partial charge >= 0.3 is 0 Å². The number of alkyl halides is 2. The molecule has 0 aliphatic heterocycles. The molecule has 4 N–H and O–H groups in total. The van der Waals surface area contributed by atoms with E-state index in [1.807, 2.05) is 13.0 Å². The summed E-state index contributed by atoms with van der Waals surface area (Å²) in [6, 6.07) is 0. The zero-order chi connectivity index (χ0) is 11.8. The van der Waals surface area contributed by atoms with Crippen LogP contribution >= 0.6 is 0 Å². The molecule has 0 aliphatic carbocycles. The Bertz CT molecular complexity index is 270. The van der Waals surface area contributed by atoms with Crippen molar-refractivity contribution in [3.8, 4) is 0 Å². The maximum atomic E-state index is 12.1. The Hall–Kier alpha value is -1.36. The van der Waals surface area contributed by atoms with Crippen molar-refractivity contribution in [3.63, 3.8) is 0 Å². The fourth-order valence-corrected chi connectivity index (χ4v) is 0.861. The number of nitrogens with two attached hydrogens (primary N) is 2. The molecular formula is C10H17F2N3. The van der Waals surface area contributed by atoms with Crippen molar-refractivity contribution in [2.24, 2.45) is 11.6 Å². The van der Waals surface area contributed by atoms with Gasteiger partial charge in [0.05, 0.1) is 11.4 Å². The molecular weight excluding hydrogens is 200 g/mol. The SMILES string of the molecule is C/C=C(\C=C/CC)N(N)/C=C(\N)C(F)F. The highest BCUT2D eigenvalue weighted by atomic mass is 19.3. The first-order valence-corrected chi connectivity index (χ1v) is 4.65. The van der Waals surface area contributed by atoms with E-state index in [-0.39, 0.29) is 0 Å². The van der Waals surface area contributed by atoms with Crippen molar-refractivity contribution in [1.82, 2.24) is 5.01 Å². The fraction of sp³-hybridized carbons (Fsp3) is 0.400. The number of hydrazine groups is 1. The monoisotopic (exact) mass is 217 g/mol. The van der Waals surface area contributed by atoms with Crippen LogP contribution < -0.4 is 11.6 Å². The molecule has 0 atom stereocenters. The summed E-state index contributed by atoms with van der Waals surface area (Å²) in [6.07, 6.45) is 4.50.